The van der Waals surface area contributed by atoms with Gasteiger partial charge in [0.05, 0.1) is 11.0 Å². The van der Waals surface area contributed by atoms with Crippen LogP contribution in [0.25, 0.3) is 11.0 Å². The number of nitrogen functional groups attached to an aromatic ring is 1. The SMILES string of the molecule is CC#CCCNc1nc2ccccc2nc1N. The zero-order valence-corrected chi connectivity index (χ0v) is 9.70. The van der Waals surface area contributed by atoms with Crippen LogP contribution in [0.3, 0.4) is 0 Å². The van der Waals surface area contributed by atoms with Crippen molar-refractivity contribution in [3.8, 4) is 11.8 Å². The van der Waals surface area contributed by atoms with E-state index in [1.807, 2.05) is 31.2 Å². The molecule has 86 valence electrons. The third-order valence-corrected chi connectivity index (χ3v) is 2.32. The molecule has 0 aliphatic heterocycles. The van der Waals surface area contributed by atoms with Crippen molar-refractivity contribution in [2.45, 2.75) is 13.3 Å². The summed E-state index contributed by atoms with van der Waals surface area (Å²) in [5, 5.41) is 3.14. The maximum absolute atomic E-state index is 5.83. The average molecular weight is 226 g/mol. The monoisotopic (exact) mass is 226 g/mol. The zero-order valence-electron chi connectivity index (χ0n) is 9.70. The smallest absolute Gasteiger partial charge is 0.169 e. The van der Waals surface area contributed by atoms with Crippen LogP contribution in [0, 0.1) is 11.8 Å². The molecule has 1 heterocycles. The first-order valence-corrected chi connectivity index (χ1v) is 5.47. The van der Waals surface area contributed by atoms with Crippen molar-refractivity contribution in [1.29, 1.82) is 0 Å². The number of rotatable bonds is 3. The summed E-state index contributed by atoms with van der Waals surface area (Å²) in [6.07, 6.45) is 0.768. The van der Waals surface area contributed by atoms with Crippen LogP contribution in [0.4, 0.5) is 11.6 Å². The van der Waals surface area contributed by atoms with E-state index >= 15 is 0 Å². The molecule has 0 radical (unpaired) electrons. The van der Waals surface area contributed by atoms with Gasteiger partial charge in [0.25, 0.3) is 0 Å². The maximum Gasteiger partial charge on any atom is 0.169 e. The highest BCUT2D eigenvalue weighted by Gasteiger charge is 2.04. The summed E-state index contributed by atoms with van der Waals surface area (Å²) >= 11 is 0. The number of nitrogens with one attached hydrogen (secondary N) is 1. The van der Waals surface area contributed by atoms with Crippen LogP contribution in [0.1, 0.15) is 13.3 Å². The van der Waals surface area contributed by atoms with Gasteiger partial charge in [0.2, 0.25) is 0 Å². The van der Waals surface area contributed by atoms with Gasteiger partial charge >= 0.3 is 0 Å². The Morgan fingerprint density at radius 3 is 2.65 bits per heavy atom. The average Bonchev–Trinajstić information content (AvgIpc) is 2.35. The molecule has 3 N–H and O–H groups in total. The van der Waals surface area contributed by atoms with Crippen molar-refractivity contribution < 1.29 is 0 Å². The topological polar surface area (TPSA) is 63.8 Å². The zero-order chi connectivity index (χ0) is 12.1. The molecule has 0 saturated heterocycles. The number of anilines is 2. The van der Waals surface area contributed by atoms with Crippen LogP contribution in [-0.2, 0) is 0 Å². The number of fused-ring (bicyclic) bond motifs is 1. The first-order valence-electron chi connectivity index (χ1n) is 5.47. The van der Waals surface area contributed by atoms with Crippen molar-refractivity contribution in [2.24, 2.45) is 0 Å². The minimum absolute atomic E-state index is 0.424. The standard InChI is InChI=1S/C13H14N4/c1-2-3-6-9-15-13-12(14)16-10-7-4-5-8-11(10)17-13/h4-5,7-8H,6,9H2,1H3,(H2,14,16)(H,15,17). The Morgan fingerprint density at radius 2 is 1.94 bits per heavy atom. The van der Waals surface area contributed by atoms with Crippen molar-refractivity contribution in [2.75, 3.05) is 17.6 Å². The Bertz CT molecular complexity index is 581. The summed E-state index contributed by atoms with van der Waals surface area (Å²) in [5.41, 5.74) is 7.48. The molecule has 0 spiro atoms. The number of hydrogen-bond acceptors (Lipinski definition) is 4. The minimum atomic E-state index is 0.424. The first kappa shape index (κ1) is 11.2. The molecule has 0 saturated carbocycles. The fraction of sp³-hybridized carbons (Fsp3) is 0.231. The van der Waals surface area contributed by atoms with Gasteiger partial charge in [-0.1, -0.05) is 12.1 Å². The second-order valence-electron chi connectivity index (χ2n) is 3.55. The number of aromatic nitrogens is 2. The molecular formula is C13H14N4. The Balaban J connectivity index is 2.21. The van der Waals surface area contributed by atoms with Gasteiger partial charge < -0.3 is 11.1 Å². The fourth-order valence-electron chi connectivity index (χ4n) is 1.51. The lowest BCUT2D eigenvalue weighted by atomic mass is 10.3. The normalized spacial score (nSPS) is 9.71. The third-order valence-electron chi connectivity index (χ3n) is 2.32. The number of hydrogen-bond donors (Lipinski definition) is 2. The number of benzene rings is 1. The quantitative estimate of drug-likeness (QED) is 0.621. The van der Waals surface area contributed by atoms with Crippen LogP contribution in [0.5, 0.6) is 0 Å². The molecule has 2 aromatic rings. The van der Waals surface area contributed by atoms with Gasteiger partial charge in [-0.05, 0) is 19.1 Å². The summed E-state index contributed by atoms with van der Waals surface area (Å²) < 4.78 is 0. The summed E-state index contributed by atoms with van der Waals surface area (Å²) in [4.78, 5) is 8.72. The highest BCUT2D eigenvalue weighted by atomic mass is 15.1. The highest BCUT2D eigenvalue weighted by molar-refractivity contribution is 5.79. The van der Waals surface area contributed by atoms with Gasteiger partial charge in [0.15, 0.2) is 11.6 Å². The molecule has 0 fully saturated rings. The van der Waals surface area contributed by atoms with E-state index in [-0.39, 0.29) is 0 Å². The molecule has 4 heteroatoms. The largest absolute Gasteiger partial charge is 0.381 e. The second-order valence-corrected chi connectivity index (χ2v) is 3.55. The number of nitrogens with two attached hydrogens (primary N) is 1. The highest BCUT2D eigenvalue weighted by Crippen LogP contribution is 2.17. The van der Waals surface area contributed by atoms with E-state index in [1.54, 1.807) is 0 Å². The van der Waals surface area contributed by atoms with E-state index in [9.17, 15) is 0 Å². The summed E-state index contributed by atoms with van der Waals surface area (Å²) in [7, 11) is 0. The first-order chi connectivity index (χ1) is 8.31. The van der Waals surface area contributed by atoms with Crippen LogP contribution in [0.15, 0.2) is 24.3 Å². The molecule has 1 aromatic heterocycles. The molecule has 0 aliphatic rings. The predicted molar refractivity (Wildman–Crippen MR) is 70.5 cm³/mol. The van der Waals surface area contributed by atoms with Gasteiger partial charge in [-0.2, -0.15) is 0 Å². The molecule has 0 bridgehead atoms. The van der Waals surface area contributed by atoms with Gasteiger partial charge in [0, 0.05) is 13.0 Å². The summed E-state index contributed by atoms with van der Waals surface area (Å²) in [5.74, 6) is 6.87. The van der Waals surface area contributed by atoms with Crippen molar-refractivity contribution in [3.63, 3.8) is 0 Å². The maximum atomic E-state index is 5.83. The van der Waals surface area contributed by atoms with E-state index in [2.05, 4.69) is 27.1 Å². The van der Waals surface area contributed by atoms with Crippen LogP contribution < -0.4 is 11.1 Å². The molecule has 17 heavy (non-hydrogen) atoms. The van der Waals surface area contributed by atoms with Gasteiger partial charge in [-0.15, -0.1) is 11.8 Å². The number of para-hydroxylation sites is 2. The fourth-order valence-corrected chi connectivity index (χ4v) is 1.51. The third kappa shape index (κ3) is 2.64. The van der Waals surface area contributed by atoms with Crippen molar-refractivity contribution in [1.82, 2.24) is 9.97 Å². The van der Waals surface area contributed by atoms with Crippen LogP contribution in [-0.4, -0.2) is 16.5 Å². The molecule has 1 aromatic carbocycles. The lowest BCUT2D eigenvalue weighted by molar-refractivity contribution is 1.07. The molecule has 0 atom stereocenters. The summed E-state index contributed by atoms with van der Waals surface area (Å²) in [6, 6.07) is 7.66. The molecule has 4 nitrogen and oxygen atoms in total. The van der Waals surface area contributed by atoms with E-state index in [4.69, 9.17) is 5.73 Å². The van der Waals surface area contributed by atoms with E-state index in [0.717, 1.165) is 24.0 Å². The minimum Gasteiger partial charge on any atom is -0.381 e. The molecule has 0 unspecified atom stereocenters. The lowest BCUT2D eigenvalue weighted by Crippen LogP contribution is -2.07. The Labute approximate surface area is 100 Å². The van der Waals surface area contributed by atoms with E-state index < -0.39 is 0 Å². The molecule has 0 aliphatic carbocycles. The lowest BCUT2D eigenvalue weighted by Gasteiger charge is -2.07. The van der Waals surface area contributed by atoms with Gasteiger partial charge in [-0.3, -0.25) is 0 Å². The Hall–Kier alpha value is -2.28. The van der Waals surface area contributed by atoms with Crippen molar-refractivity contribution in [3.05, 3.63) is 24.3 Å². The Kier molecular flexibility index (Phi) is 3.41. The predicted octanol–water partition coefficient (Wildman–Crippen LogP) is 2.04. The van der Waals surface area contributed by atoms with Gasteiger partial charge in [-0.25, -0.2) is 9.97 Å². The summed E-state index contributed by atoms with van der Waals surface area (Å²) in [6.45, 7) is 2.54. The van der Waals surface area contributed by atoms with E-state index in [1.165, 1.54) is 0 Å². The van der Waals surface area contributed by atoms with Crippen LogP contribution in [0.2, 0.25) is 0 Å². The van der Waals surface area contributed by atoms with Gasteiger partial charge in [0.1, 0.15) is 0 Å². The number of nitrogens with zero attached hydrogens (tertiary/aromatic N) is 2. The molecule has 0 amide bonds. The van der Waals surface area contributed by atoms with E-state index in [0.29, 0.717) is 11.6 Å². The second kappa shape index (κ2) is 5.17. The molecular weight excluding hydrogens is 212 g/mol. The van der Waals surface area contributed by atoms with Crippen LogP contribution >= 0.6 is 0 Å². The van der Waals surface area contributed by atoms with Crippen molar-refractivity contribution >= 4 is 22.7 Å². The molecule has 2 rings (SSSR count). The Morgan fingerprint density at radius 1 is 1.24 bits per heavy atom.